The molecular weight excluding hydrogens is 729 g/mol. The van der Waals surface area contributed by atoms with Crippen LogP contribution in [0.2, 0.25) is 0 Å². The van der Waals surface area contributed by atoms with Crippen molar-refractivity contribution in [1.82, 2.24) is 19.8 Å². The Kier molecular flexibility index (Phi) is 14.9. The number of hydrogen-bond donors (Lipinski definition) is 4. The quantitative estimate of drug-likeness (QED) is 0.147. The van der Waals surface area contributed by atoms with Gasteiger partial charge in [-0.1, -0.05) is 12.2 Å². The minimum absolute atomic E-state index is 0. The zero-order valence-corrected chi connectivity index (χ0v) is 32.1. The summed E-state index contributed by atoms with van der Waals surface area (Å²) in [6.07, 6.45) is 11.2. The molecule has 300 valence electrons. The zero-order valence-electron chi connectivity index (χ0n) is 31.2. The number of hydrogen-bond acceptors (Lipinski definition) is 10. The molecule has 6 aliphatic rings. The maximum atomic E-state index is 11.2. The maximum absolute atomic E-state index is 11.2. The van der Waals surface area contributed by atoms with E-state index in [0.29, 0.717) is 23.7 Å². The average molecular weight is 783 g/mol. The second-order valence-electron chi connectivity index (χ2n) is 14.4. The lowest BCUT2D eigenvalue weighted by molar-refractivity contribution is -0.0445. The number of rotatable bonds is 8. The Morgan fingerprint density at radius 3 is 1.42 bits per heavy atom. The third kappa shape index (κ3) is 9.86. The van der Waals surface area contributed by atoms with E-state index in [1.54, 1.807) is 26.6 Å². The van der Waals surface area contributed by atoms with Crippen LogP contribution >= 0.6 is 0 Å². The number of piperidine rings is 6. The Morgan fingerprint density at radius 1 is 0.727 bits per heavy atom. The molecule has 0 saturated carbocycles. The van der Waals surface area contributed by atoms with Crippen molar-refractivity contribution in [2.75, 3.05) is 40.4 Å². The molecule has 0 amide bonds. The number of aliphatic hydroxyl groups excluding tert-OH is 2. The molecule has 8 heterocycles. The van der Waals surface area contributed by atoms with Gasteiger partial charge < -0.3 is 30.6 Å². The average Bonchev–Trinajstić information content (AvgIpc) is 3.19. The first kappa shape index (κ1) is 43.7. The number of ether oxygens (including phenoxy) is 2. The second kappa shape index (κ2) is 18.7. The third-order valence-electron chi connectivity index (χ3n) is 11.6. The van der Waals surface area contributed by atoms with Crippen LogP contribution < -0.4 is 9.47 Å². The molecule has 6 aliphatic heterocycles. The number of fused-ring (bicyclic) bond motifs is 8. The highest BCUT2D eigenvalue weighted by molar-refractivity contribution is 7.79. The highest BCUT2D eigenvalue weighted by atomic mass is 32.3. The van der Waals surface area contributed by atoms with Crippen molar-refractivity contribution < 1.29 is 48.2 Å². The highest BCUT2D eigenvalue weighted by Gasteiger charge is 2.43. The molecule has 4 bridgehead atoms. The van der Waals surface area contributed by atoms with Gasteiger partial charge in [-0.2, -0.15) is 8.42 Å². The summed E-state index contributed by atoms with van der Waals surface area (Å²) >= 11 is 0. The van der Waals surface area contributed by atoms with E-state index in [4.69, 9.17) is 27.0 Å². The second-order valence-corrected chi connectivity index (χ2v) is 15.3. The van der Waals surface area contributed by atoms with Crippen LogP contribution in [0.3, 0.4) is 0 Å². The molecule has 10 rings (SSSR count). The van der Waals surface area contributed by atoms with E-state index < -0.39 is 22.6 Å². The number of nitrogens with zero attached hydrogens (tertiary/aromatic N) is 4. The van der Waals surface area contributed by atoms with Crippen molar-refractivity contribution >= 4 is 32.2 Å². The van der Waals surface area contributed by atoms with Crippen LogP contribution in [0.4, 0.5) is 0 Å². The molecule has 10 atom stereocenters. The van der Waals surface area contributed by atoms with Crippen molar-refractivity contribution in [2.45, 2.75) is 50.0 Å². The normalized spacial score (nSPS) is 27.5. The molecule has 0 aliphatic carbocycles. The topological polar surface area (TPSA) is 229 Å². The first-order valence-corrected chi connectivity index (χ1v) is 19.5. The van der Waals surface area contributed by atoms with Crippen molar-refractivity contribution in [3.05, 3.63) is 97.4 Å². The summed E-state index contributed by atoms with van der Waals surface area (Å²) in [5.74, 6) is 4.01. The molecular formula is C40H54N4O10S. The number of benzene rings is 2. The molecule has 8 N–H and O–H groups in total. The van der Waals surface area contributed by atoms with Gasteiger partial charge in [0.05, 0.1) is 37.5 Å². The summed E-state index contributed by atoms with van der Waals surface area (Å²) in [5, 5.41) is 24.3. The Balaban J connectivity index is 0.000000211. The molecule has 2 aromatic carbocycles. The van der Waals surface area contributed by atoms with Gasteiger partial charge in [-0.05, 0) is 122 Å². The molecule has 6 saturated heterocycles. The minimum atomic E-state index is -4.67. The first-order chi connectivity index (χ1) is 25.4. The highest BCUT2D eigenvalue weighted by Crippen LogP contribution is 2.43. The van der Waals surface area contributed by atoms with Crippen molar-refractivity contribution in [3.63, 3.8) is 0 Å². The molecule has 15 heteroatoms. The monoisotopic (exact) mass is 782 g/mol. The summed E-state index contributed by atoms with van der Waals surface area (Å²) < 4.78 is 42.3. The van der Waals surface area contributed by atoms with Gasteiger partial charge in [-0.15, -0.1) is 13.2 Å². The van der Waals surface area contributed by atoms with Crippen LogP contribution in [0, 0.1) is 23.7 Å². The molecule has 55 heavy (non-hydrogen) atoms. The smallest absolute Gasteiger partial charge is 0.394 e. The van der Waals surface area contributed by atoms with E-state index in [1.165, 1.54) is 12.8 Å². The summed E-state index contributed by atoms with van der Waals surface area (Å²) in [6, 6.07) is 15.9. The van der Waals surface area contributed by atoms with E-state index in [1.807, 2.05) is 48.5 Å². The van der Waals surface area contributed by atoms with Gasteiger partial charge in [-0.3, -0.25) is 28.9 Å². The molecule has 0 radical (unpaired) electrons. The Labute approximate surface area is 322 Å². The number of aliphatic hydroxyl groups is 2. The van der Waals surface area contributed by atoms with Crippen molar-refractivity contribution in [2.24, 2.45) is 23.7 Å². The molecule has 4 aromatic rings. The summed E-state index contributed by atoms with van der Waals surface area (Å²) in [7, 11) is -1.34. The predicted octanol–water partition coefficient (Wildman–Crippen LogP) is 4.04. The number of pyridine rings is 2. The molecule has 2 unspecified atom stereocenters. The van der Waals surface area contributed by atoms with Crippen molar-refractivity contribution in [1.29, 1.82) is 0 Å². The summed E-state index contributed by atoms with van der Waals surface area (Å²) in [5.41, 5.74) is 3.69. The third-order valence-corrected chi connectivity index (χ3v) is 11.6. The largest absolute Gasteiger partial charge is 0.497 e. The lowest BCUT2D eigenvalue weighted by atomic mass is 9.73. The van der Waals surface area contributed by atoms with Gasteiger partial charge in [0, 0.05) is 48.3 Å². The van der Waals surface area contributed by atoms with Gasteiger partial charge in [0.1, 0.15) is 11.5 Å². The van der Waals surface area contributed by atoms with Gasteiger partial charge >= 0.3 is 10.4 Å². The first-order valence-electron chi connectivity index (χ1n) is 18.1. The Hall–Kier alpha value is -4.03. The zero-order chi connectivity index (χ0) is 37.9. The molecule has 0 spiro atoms. The summed E-state index contributed by atoms with van der Waals surface area (Å²) in [6.45, 7) is 12.1. The molecule has 14 nitrogen and oxygen atoms in total. The summed E-state index contributed by atoms with van der Waals surface area (Å²) in [4.78, 5) is 13.7. The van der Waals surface area contributed by atoms with Crippen LogP contribution in [-0.2, 0) is 10.4 Å². The van der Waals surface area contributed by atoms with Crippen LogP contribution in [0.25, 0.3) is 21.8 Å². The van der Waals surface area contributed by atoms with E-state index in [9.17, 15) is 10.2 Å². The fraction of sp³-hybridized carbons (Fsp3) is 0.450. The van der Waals surface area contributed by atoms with E-state index >= 15 is 0 Å². The van der Waals surface area contributed by atoms with Gasteiger partial charge in [-0.25, -0.2) is 0 Å². The fourth-order valence-corrected chi connectivity index (χ4v) is 8.89. The Bertz CT molecular complexity index is 1900. The van der Waals surface area contributed by atoms with Crippen LogP contribution in [0.1, 0.15) is 49.0 Å². The van der Waals surface area contributed by atoms with Crippen LogP contribution in [-0.4, -0.2) is 111 Å². The lowest BCUT2D eigenvalue weighted by Gasteiger charge is -2.50. The molecule has 2 aromatic heterocycles. The number of methoxy groups -OCH3 is 2. The van der Waals surface area contributed by atoms with Crippen LogP contribution in [0.15, 0.2) is 86.2 Å². The SMILES string of the molecule is C=C[C@@H]1CN2CC[C@H]1C[C@@H]2[C@H](O)c1ccnc2ccc(OC)cc12.C=C[C@@H]1CN2CC[C@H]1C[C@@H]2[C@H](O)c1ccnc2ccc(OC)cc12.O.O.O=S(=O)(O)O. The van der Waals surface area contributed by atoms with E-state index in [2.05, 4.69) is 45.1 Å². The lowest BCUT2D eigenvalue weighted by Crippen LogP contribution is -2.54. The van der Waals surface area contributed by atoms with Crippen LogP contribution in [0.5, 0.6) is 11.5 Å². The minimum Gasteiger partial charge on any atom is -0.497 e. The van der Waals surface area contributed by atoms with Gasteiger partial charge in [0.15, 0.2) is 0 Å². The van der Waals surface area contributed by atoms with E-state index in [-0.39, 0.29) is 23.0 Å². The molecule has 6 fully saturated rings. The standard InChI is InChI=1S/2C20H24N2O2.H2O4S.2H2O/c2*1-3-13-12-22-9-7-14(13)10-19(22)20(23)16-6-8-21-18-5-4-15(24-2)11-17(16)18;1-5(2,3)4;;/h2*3-6,8,11,13-14,19-20,23H,1,7,9-10,12H2,2H3;(H2,1,2,3,4);2*1H2/t2*13-,14+,19-,20-;;;/m11.../s1. The fourth-order valence-electron chi connectivity index (χ4n) is 8.89. The number of aromatic nitrogens is 2. The van der Waals surface area contributed by atoms with Crippen molar-refractivity contribution in [3.8, 4) is 11.5 Å². The maximum Gasteiger partial charge on any atom is 0.394 e. The predicted molar refractivity (Wildman–Crippen MR) is 211 cm³/mol. The van der Waals surface area contributed by atoms with Gasteiger partial charge in [0.25, 0.3) is 0 Å². The van der Waals surface area contributed by atoms with Gasteiger partial charge in [0.2, 0.25) is 0 Å². The van der Waals surface area contributed by atoms with E-state index in [0.717, 1.165) is 83.5 Å². The Morgan fingerprint density at radius 2 is 1.11 bits per heavy atom.